The molecule has 0 radical (unpaired) electrons. The smallest absolute Gasteiger partial charge is 0.296 e. The summed E-state index contributed by atoms with van der Waals surface area (Å²) in [7, 11) is 3.84. The molecular weight excluding hydrogens is 616 g/mol. The Labute approximate surface area is 231 Å². The molecule has 0 saturated carbocycles. The number of hydrogen-bond acceptors (Lipinski definition) is 6. The molecule has 10 nitrogen and oxygen atoms in total. The van der Waals surface area contributed by atoms with E-state index in [0.717, 1.165) is 42.8 Å². The number of nitrogens with one attached hydrogen (secondary N) is 1. The van der Waals surface area contributed by atoms with Gasteiger partial charge in [0.15, 0.2) is 0 Å². The molecule has 0 aliphatic heterocycles. The summed E-state index contributed by atoms with van der Waals surface area (Å²) in [4.78, 5) is 24.0. The van der Waals surface area contributed by atoms with Gasteiger partial charge in [-0.25, -0.2) is 9.97 Å². The number of nitro groups is 1. The fraction of sp³-hybridized carbons (Fsp3) is 0.0769. The van der Waals surface area contributed by atoms with E-state index in [9.17, 15) is 10.1 Å². The Bertz CT molecular complexity index is 2030. The lowest BCUT2D eigenvalue weighted by atomic mass is 10.1. The summed E-state index contributed by atoms with van der Waals surface area (Å²) < 4.78 is 5.27. The van der Waals surface area contributed by atoms with Crippen LogP contribution in [0.5, 0.6) is 0 Å². The Balaban J connectivity index is 0.000000140. The van der Waals surface area contributed by atoms with Crippen molar-refractivity contribution in [3.8, 4) is 11.3 Å². The van der Waals surface area contributed by atoms with E-state index < -0.39 is 4.92 Å². The first-order chi connectivity index (χ1) is 18.3. The summed E-state index contributed by atoms with van der Waals surface area (Å²) in [6.45, 7) is 0. The van der Waals surface area contributed by atoms with Crippen LogP contribution >= 0.6 is 31.9 Å². The second kappa shape index (κ2) is 9.30. The van der Waals surface area contributed by atoms with Gasteiger partial charge < -0.3 is 5.10 Å². The number of H-pyrrole nitrogens is 1. The monoisotopic (exact) mass is 632 g/mol. The highest BCUT2D eigenvalue weighted by molar-refractivity contribution is 9.10. The zero-order valence-corrected chi connectivity index (χ0v) is 23.2. The second-order valence-corrected chi connectivity index (χ2v) is 10.5. The highest BCUT2D eigenvalue weighted by Gasteiger charge is 2.18. The van der Waals surface area contributed by atoms with E-state index in [-0.39, 0.29) is 5.69 Å². The van der Waals surface area contributed by atoms with Gasteiger partial charge in [-0.1, -0.05) is 6.07 Å². The lowest BCUT2D eigenvalue weighted by molar-refractivity contribution is -0.384. The molecule has 1 N–H and O–H groups in total. The molecule has 7 aromatic rings. The maximum absolute atomic E-state index is 11.1. The molecule has 38 heavy (non-hydrogen) atoms. The van der Waals surface area contributed by atoms with Crippen LogP contribution in [-0.4, -0.2) is 39.4 Å². The minimum atomic E-state index is -0.430. The average molecular weight is 634 g/mol. The molecule has 5 heterocycles. The number of halogens is 2. The van der Waals surface area contributed by atoms with Gasteiger partial charge in [-0.15, -0.1) is 0 Å². The van der Waals surface area contributed by atoms with Crippen molar-refractivity contribution >= 4 is 81.3 Å². The number of hydrogen-bond donors (Lipinski definition) is 1. The molecule has 7 rings (SSSR count). The second-order valence-electron chi connectivity index (χ2n) is 8.71. The summed E-state index contributed by atoms with van der Waals surface area (Å²) >= 11 is 6.63. The predicted molar refractivity (Wildman–Crippen MR) is 154 cm³/mol. The SMILES string of the molecule is Cn1[nH]cc2cc3c(cc21)nc1cc(Br)cnc13.Cn1ncc2cc(-c3ncc(Br)cc3[N+](=O)[O-])ccc21. The number of aryl methyl sites for hydroxylation is 2. The van der Waals surface area contributed by atoms with Crippen molar-refractivity contribution in [3.05, 3.63) is 86.3 Å². The van der Waals surface area contributed by atoms with Crippen LogP contribution in [-0.2, 0) is 14.1 Å². The Morgan fingerprint density at radius 3 is 2.50 bits per heavy atom. The molecule has 0 atom stereocenters. The largest absolute Gasteiger partial charge is 0.305 e. The predicted octanol–water partition coefficient (Wildman–Crippen LogP) is 6.67. The first-order valence-corrected chi connectivity index (χ1v) is 13.0. The maximum Gasteiger partial charge on any atom is 0.296 e. The van der Waals surface area contributed by atoms with Gasteiger partial charge in [0.1, 0.15) is 5.69 Å². The summed E-state index contributed by atoms with van der Waals surface area (Å²) in [5.41, 5.74) is 6.00. The van der Waals surface area contributed by atoms with Crippen LogP contribution in [0.4, 0.5) is 5.69 Å². The van der Waals surface area contributed by atoms with E-state index in [1.54, 1.807) is 17.1 Å². The fourth-order valence-corrected chi connectivity index (χ4v) is 5.11. The van der Waals surface area contributed by atoms with Crippen molar-refractivity contribution < 1.29 is 4.92 Å². The van der Waals surface area contributed by atoms with Gasteiger partial charge >= 0.3 is 0 Å². The summed E-state index contributed by atoms with van der Waals surface area (Å²) in [6, 6.07) is 13.2. The van der Waals surface area contributed by atoms with E-state index in [1.807, 2.05) is 55.4 Å². The summed E-state index contributed by atoms with van der Waals surface area (Å²) in [5, 5.41) is 21.7. The van der Waals surface area contributed by atoms with E-state index in [0.29, 0.717) is 15.7 Å². The highest BCUT2D eigenvalue weighted by atomic mass is 79.9. The van der Waals surface area contributed by atoms with Gasteiger partial charge in [-0.05, 0) is 62.2 Å². The molecule has 188 valence electrons. The van der Waals surface area contributed by atoms with Crippen molar-refractivity contribution in [1.29, 1.82) is 0 Å². The summed E-state index contributed by atoms with van der Waals surface area (Å²) in [5.74, 6) is 0. The third-order valence-corrected chi connectivity index (χ3v) is 7.17. The molecule has 0 amide bonds. The van der Waals surface area contributed by atoms with E-state index in [2.05, 4.69) is 69.1 Å². The fourth-order valence-electron chi connectivity index (χ4n) is 4.47. The average Bonchev–Trinajstić information content (AvgIpc) is 3.57. The molecule has 0 saturated heterocycles. The Kier molecular flexibility index (Phi) is 5.92. The number of pyridine rings is 2. The Hall–Kier alpha value is -4.16. The van der Waals surface area contributed by atoms with Crippen molar-refractivity contribution in [3.63, 3.8) is 0 Å². The standard InChI is InChI=1S/C13H9BrN4O2.C13H9BrN4/c1-17-11-3-2-8(4-9(11)6-16-17)13-12(18(19)20)5-10(14)7-15-13;1-18-12-4-10-9(2-7(12)5-16-18)13-11(17-10)3-8(14)6-15-13/h2-7H,1H3;2-6,16H,1H3. The number of rotatable bonds is 2. The quantitative estimate of drug-likeness (QED) is 0.168. The molecule has 0 aliphatic rings. The zero-order valence-electron chi connectivity index (χ0n) is 20.1. The number of nitrogens with zero attached hydrogens (tertiary/aromatic N) is 7. The molecule has 0 bridgehead atoms. The number of fused-ring (bicyclic) bond motifs is 5. The van der Waals surface area contributed by atoms with Crippen LogP contribution in [0.25, 0.3) is 55.0 Å². The first kappa shape index (κ1) is 24.2. The molecular formula is C26H18Br2N8O2. The van der Waals surface area contributed by atoms with E-state index in [4.69, 9.17) is 0 Å². The van der Waals surface area contributed by atoms with Gasteiger partial charge in [0.2, 0.25) is 0 Å². The zero-order chi connectivity index (χ0) is 26.6. The lowest BCUT2D eigenvalue weighted by Gasteiger charge is -2.03. The normalized spacial score (nSPS) is 11.4. The molecule has 12 heteroatoms. The molecule has 0 aliphatic carbocycles. The van der Waals surface area contributed by atoms with Crippen LogP contribution in [0.3, 0.4) is 0 Å². The Morgan fingerprint density at radius 2 is 1.68 bits per heavy atom. The number of aromatic nitrogens is 7. The first-order valence-electron chi connectivity index (χ1n) is 11.4. The van der Waals surface area contributed by atoms with Gasteiger partial charge in [0, 0.05) is 69.4 Å². The molecule has 0 fully saturated rings. The van der Waals surface area contributed by atoms with E-state index >= 15 is 0 Å². The molecule has 0 spiro atoms. The van der Waals surface area contributed by atoms with E-state index in [1.165, 1.54) is 11.5 Å². The van der Waals surface area contributed by atoms with Crippen molar-refractivity contribution in [2.75, 3.05) is 0 Å². The third kappa shape index (κ3) is 4.21. The van der Waals surface area contributed by atoms with Gasteiger partial charge in [-0.3, -0.25) is 24.5 Å². The van der Waals surface area contributed by atoms with Crippen LogP contribution in [0, 0.1) is 10.1 Å². The minimum Gasteiger partial charge on any atom is -0.305 e. The van der Waals surface area contributed by atoms with Gasteiger partial charge in [0.25, 0.3) is 5.69 Å². The minimum absolute atomic E-state index is 0.0254. The third-order valence-electron chi connectivity index (χ3n) is 6.30. The van der Waals surface area contributed by atoms with Crippen molar-refractivity contribution in [2.45, 2.75) is 0 Å². The van der Waals surface area contributed by atoms with Crippen LogP contribution < -0.4 is 0 Å². The maximum atomic E-state index is 11.1. The van der Waals surface area contributed by atoms with Crippen LogP contribution in [0.2, 0.25) is 0 Å². The van der Waals surface area contributed by atoms with Gasteiger partial charge in [-0.2, -0.15) is 5.10 Å². The van der Waals surface area contributed by atoms with Gasteiger partial charge in [0.05, 0.1) is 38.7 Å². The molecule has 0 unspecified atom stereocenters. The molecule has 2 aromatic carbocycles. The number of aromatic amines is 1. The van der Waals surface area contributed by atoms with Crippen molar-refractivity contribution in [2.24, 2.45) is 14.1 Å². The highest BCUT2D eigenvalue weighted by Crippen LogP contribution is 2.32. The van der Waals surface area contributed by atoms with Crippen LogP contribution in [0.15, 0.2) is 76.2 Å². The van der Waals surface area contributed by atoms with Crippen molar-refractivity contribution in [1.82, 2.24) is 34.5 Å². The molecule has 5 aromatic heterocycles. The lowest BCUT2D eigenvalue weighted by Crippen LogP contribution is -1.95. The number of benzene rings is 2. The summed E-state index contributed by atoms with van der Waals surface area (Å²) in [6.07, 6.45) is 7.08. The topological polar surface area (TPSA) is 120 Å². The Morgan fingerprint density at radius 1 is 0.895 bits per heavy atom. The van der Waals surface area contributed by atoms with Crippen LogP contribution in [0.1, 0.15) is 0 Å².